The number of hydrogen-bond acceptors (Lipinski definition) is 3. The van der Waals surface area contributed by atoms with E-state index >= 15 is 0 Å². The summed E-state index contributed by atoms with van der Waals surface area (Å²) >= 11 is 0. The van der Waals surface area contributed by atoms with Gasteiger partial charge in [-0.2, -0.15) is 0 Å². The van der Waals surface area contributed by atoms with E-state index in [0.717, 1.165) is 44.2 Å². The highest BCUT2D eigenvalue weighted by Gasteiger charge is 2.26. The molecule has 0 bridgehead atoms. The lowest BCUT2D eigenvalue weighted by molar-refractivity contribution is 0.516. The second-order valence-electron chi connectivity index (χ2n) is 7.87. The van der Waals surface area contributed by atoms with Gasteiger partial charge < -0.3 is 15.9 Å². The maximum atomic E-state index is 6.69. The van der Waals surface area contributed by atoms with E-state index < -0.39 is 5.66 Å². The molecule has 0 amide bonds. The molecule has 4 nitrogen and oxygen atoms in total. The highest BCUT2D eigenvalue weighted by atomic mass is 16.3. The van der Waals surface area contributed by atoms with E-state index in [1.54, 1.807) is 0 Å². The van der Waals surface area contributed by atoms with Crippen molar-refractivity contribution in [3.63, 3.8) is 0 Å². The molecule has 4 N–H and O–H groups in total. The summed E-state index contributed by atoms with van der Waals surface area (Å²) in [6, 6.07) is 32.1. The molecule has 0 radical (unpaired) electrons. The first-order chi connectivity index (χ1) is 15.0. The van der Waals surface area contributed by atoms with Crippen molar-refractivity contribution in [2.75, 3.05) is 0 Å². The minimum atomic E-state index is -1.06. The monoisotopic (exact) mass is 405 g/mol. The van der Waals surface area contributed by atoms with Crippen LogP contribution in [0.5, 0.6) is 0 Å². The molecular formula is C27H23N3O. The quantitative estimate of drug-likeness (QED) is 0.293. The number of nitrogens with zero attached hydrogens (tertiary/aromatic N) is 1. The van der Waals surface area contributed by atoms with Gasteiger partial charge in [-0.05, 0) is 30.2 Å². The molecule has 31 heavy (non-hydrogen) atoms. The summed E-state index contributed by atoms with van der Waals surface area (Å²) in [5.74, 6) is 0.385. The summed E-state index contributed by atoms with van der Waals surface area (Å²) in [5, 5.41) is 2.08. The van der Waals surface area contributed by atoms with Crippen LogP contribution < -0.4 is 11.5 Å². The van der Waals surface area contributed by atoms with Crippen LogP contribution in [0.25, 0.3) is 33.1 Å². The van der Waals surface area contributed by atoms with Gasteiger partial charge in [0.25, 0.3) is 0 Å². The Morgan fingerprint density at radius 2 is 1.45 bits per heavy atom. The summed E-state index contributed by atoms with van der Waals surface area (Å²) in [6.07, 6.45) is 0. The zero-order valence-electron chi connectivity index (χ0n) is 17.2. The molecule has 4 heteroatoms. The van der Waals surface area contributed by atoms with Crippen molar-refractivity contribution in [1.82, 2.24) is 0 Å². The van der Waals surface area contributed by atoms with Gasteiger partial charge in [-0.3, -0.25) is 0 Å². The lowest BCUT2D eigenvalue weighted by Gasteiger charge is -2.21. The number of benzene rings is 4. The normalized spacial score (nSPS) is 14.1. The number of fused-ring (bicyclic) bond motifs is 3. The Morgan fingerprint density at radius 3 is 2.29 bits per heavy atom. The Labute approximate surface area is 180 Å². The SMILES string of the molecule is CC(N)(N=C(N)c1cccc(-c2ccccc2)c1)c1cccc2c1oc1ccccc12. The molecule has 0 aliphatic heterocycles. The van der Waals surface area contributed by atoms with Gasteiger partial charge in [-0.25, -0.2) is 4.99 Å². The van der Waals surface area contributed by atoms with E-state index in [9.17, 15) is 0 Å². The van der Waals surface area contributed by atoms with Gasteiger partial charge >= 0.3 is 0 Å². The summed E-state index contributed by atoms with van der Waals surface area (Å²) < 4.78 is 6.14. The molecule has 0 aliphatic carbocycles. The zero-order chi connectivity index (χ0) is 21.4. The number of amidine groups is 1. The first kappa shape index (κ1) is 19.1. The van der Waals surface area contributed by atoms with E-state index in [1.807, 2.05) is 85.8 Å². The van der Waals surface area contributed by atoms with Crippen molar-refractivity contribution in [1.29, 1.82) is 0 Å². The first-order valence-electron chi connectivity index (χ1n) is 10.2. The lowest BCUT2D eigenvalue weighted by Crippen LogP contribution is -2.34. The second-order valence-corrected chi connectivity index (χ2v) is 7.87. The number of nitrogens with two attached hydrogens (primary N) is 2. The minimum Gasteiger partial charge on any atom is -0.456 e. The Bertz CT molecular complexity index is 1410. The van der Waals surface area contributed by atoms with Crippen LogP contribution in [-0.2, 0) is 5.66 Å². The minimum absolute atomic E-state index is 0.385. The molecule has 152 valence electrons. The van der Waals surface area contributed by atoms with Crippen LogP contribution in [0, 0.1) is 0 Å². The molecule has 1 unspecified atom stereocenters. The van der Waals surface area contributed by atoms with Crippen LogP contribution in [0.1, 0.15) is 18.1 Å². The molecule has 0 aliphatic rings. The molecule has 1 atom stereocenters. The predicted molar refractivity (Wildman–Crippen MR) is 128 cm³/mol. The third-order valence-electron chi connectivity index (χ3n) is 5.57. The van der Waals surface area contributed by atoms with Crippen molar-refractivity contribution in [3.05, 3.63) is 108 Å². The highest BCUT2D eigenvalue weighted by molar-refractivity contribution is 6.06. The largest absolute Gasteiger partial charge is 0.456 e. The van der Waals surface area contributed by atoms with Crippen LogP contribution in [0.15, 0.2) is 106 Å². The van der Waals surface area contributed by atoms with Crippen molar-refractivity contribution in [3.8, 4) is 11.1 Å². The molecule has 1 aromatic heterocycles. The van der Waals surface area contributed by atoms with Gasteiger partial charge in [0.15, 0.2) is 0 Å². The van der Waals surface area contributed by atoms with Gasteiger partial charge in [-0.1, -0.05) is 84.9 Å². The smallest absolute Gasteiger partial charge is 0.142 e. The molecule has 0 saturated heterocycles. The van der Waals surface area contributed by atoms with E-state index in [4.69, 9.17) is 20.9 Å². The molecular weight excluding hydrogens is 382 g/mol. The number of hydrogen-bond donors (Lipinski definition) is 2. The van der Waals surface area contributed by atoms with Crippen LogP contribution >= 0.6 is 0 Å². The summed E-state index contributed by atoms with van der Waals surface area (Å²) in [6.45, 7) is 1.85. The number of furan rings is 1. The molecule has 5 rings (SSSR count). The standard InChI is InChI=1S/C27H23N3O/c1-27(29,23-15-8-14-22-21-13-5-6-16-24(21)31-25(22)23)30-26(28)20-12-7-11-19(17-20)18-9-3-2-4-10-18/h2-17H,29H2,1H3,(H2,28,30). The van der Waals surface area contributed by atoms with E-state index in [0.29, 0.717) is 5.84 Å². The third-order valence-corrected chi connectivity index (χ3v) is 5.57. The zero-order valence-corrected chi connectivity index (χ0v) is 17.2. The molecule has 5 aromatic rings. The van der Waals surface area contributed by atoms with Crippen LogP contribution in [0.4, 0.5) is 0 Å². The number of para-hydroxylation sites is 2. The van der Waals surface area contributed by atoms with E-state index in [2.05, 4.69) is 18.2 Å². The number of aliphatic imine (C=N–C) groups is 1. The highest BCUT2D eigenvalue weighted by Crippen LogP contribution is 2.35. The third kappa shape index (κ3) is 3.47. The fourth-order valence-corrected chi connectivity index (χ4v) is 4.01. The van der Waals surface area contributed by atoms with E-state index in [-0.39, 0.29) is 0 Å². The Balaban J connectivity index is 1.58. The molecule has 0 saturated carbocycles. The average molecular weight is 406 g/mol. The predicted octanol–water partition coefficient (Wildman–Crippen LogP) is 5.79. The average Bonchev–Trinajstić information content (AvgIpc) is 3.18. The van der Waals surface area contributed by atoms with Crippen LogP contribution in [-0.4, -0.2) is 5.84 Å². The van der Waals surface area contributed by atoms with Crippen molar-refractivity contribution in [2.24, 2.45) is 16.5 Å². The van der Waals surface area contributed by atoms with Gasteiger partial charge in [0.1, 0.15) is 22.7 Å². The van der Waals surface area contributed by atoms with Crippen LogP contribution in [0.3, 0.4) is 0 Å². The number of rotatable bonds is 4. The Hall–Kier alpha value is -3.89. The maximum absolute atomic E-state index is 6.69. The second kappa shape index (κ2) is 7.42. The van der Waals surface area contributed by atoms with Crippen molar-refractivity contribution in [2.45, 2.75) is 12.6 Å². The summed E-state index contributed by atoms with van der Waals surface area (Å²) in [5.41, 5.74) is 17.4. The molecule has 4 aromatic carbocycles. The summed E-state index contributed by atoms with van der Waals surface area (Å²) in [7, 11) is 0. The van der Waals surface area contributed by atoms with Crippen molar-refractivity contribution >= 4 is 27.8 Å². The fourth-order valence-electron chi connectivity index (χ4n) is 4.01. The maximum Gasteiger partial charge on any atom is 0.142 e. The molecule has 1 heterocycles. The van der Waals surface area contributed by atoms with Gasteiger partial charge in [0.05, 0.1) is 0 Å². The fraction of sp³-hybridized carbons (Fsp3) is 0.0741. The Morgan fingerprint density at radius 1 is 0.774 bits per heavy atom. The molecule has 0 spiro atoms. The van der Waals surface area contributed by atoms with Gasteiger partial charge in [-0.15, -0.1) is 0 Å². The van der Waals surface area contributed by atoms with Gasteiger partial charge in [0, 0.05) is 21.9 Å². The molecule has 0 fully saturated rings. The first-order valence-corrected chi connectivity index (χ1v) is 10.2. The van der Waals surface area contributed by atoms with Crippen LogP contribution in [0.2, 0.25) is 0 Å². The topological polar surface area (TPSA) is 77.5 Å². The Kier molecular flexibility index (Phi) is 4.57. The lowest BCUT2D eigenvalue weighted by atomic mass is 9.99. The van der Waals surface area contributed by atoms with Crippen molar-refractivity contribution < 1.29 is 4.42 Å². The van der Waals surface area contributed by atoms with E-state index in [1.165, 1.54) is 0 Å². The summed E-state index contributed by atoms with van der Waals surface area (Å²) in [4.78, 5) is 4.72. The van der Waals surface area contributed by atoms with Gasteiger partial charge in [0.2, 0.25) is 0 Å².